The third kappa shape index (κ3) is 5.56. The van der Waals surface area contributed by atoms with Crippen LogP contribution in [0.2, 0.25) is 0 Å². The van der Waals surface area contributed by atoms with Gasteiger partial charge in [0.2, 0.25) is 0 Å². The highest BCUT2D eigenvalue weighted by Gasteiger charge is 2.16. The number of guanidine groups is 1. The van der Waals surface area contributed by atoms with Crippen molar-refractivity contribution in [1.82, 2.24) is 15.2 Å². The van der Waals surface area contributed by atoms with Crippen molar-refractivity contribution in [1.29, 1.82) is 0 Å². The van der Waals surface area contributed by atoms with E-state index in [2.05, 4.69) is 44.7 Å². The fraction of sp³-hybridized carbons (Fsp3) is 0.529. The molecule has 126 valence electrons. The van der Waals surface area contributed by atoms with Crippen LogP contribution in [0.3, 0.4) is 0 Å². The first-order valence-electron chi connectivity index (χ1n) is 8.19. The highest BCUT2D eigenvalue weighted by molar-refractivity contribution is 5.78. The van der Waals surface area contributed by atoms with E-state index in [-0.39, 0.29) is 0 Å². The Morgan fingerprint density at radius 2 is 2.13 bits per heavy atom. The van der Waals surface area contributed by atoms with Crippen LogP contribution in [0.5, 0.6) is 0 Å². The first-order chi connectivity index (χ1) is 11.1. The highest BCUT2D eigenvalue weighted by Crippen LogP contribution is 2.15. The predicted octanol–water partition coefficient (Wildman–Crippen LogP) is 1.20. The number of anilines is 1. The van der Waals surface area contributed by atoms with E-state index in [0.717, 1.165) is 49.7 Å². The summed E-state index contributed by atoms with van der Waals surface area (Å²) < 4.78 is 0. The zero-order valence-electron chi connectivity index (χ0n) is 14.3. The van der Waals surface area contributed by atoms with Gasteiger partial charge in [0.05, 0.1) is 6.54 Å². The number of aliphatic imine (C=N–C) groups is 1. The molecule has 6 heteroatoms. The average Bonchev–Trinajstić information content (AvgIpc) is 2.58. The Morgan fingerprint density at radius 3 is 2.78 bits per heavy atom. The molecule has 2 rings (SSSR count). The molecule has 0 atom stereocenters. The van der Waals surface area contributed by atoms with E-state index in [9.17, 15) is 0 Å². The zero-order valence-corrected chi connectivity index (χ0v) is 14.3. The van der Waals surface area contributed by atoms with Crippen LogP contribution in [-0.4, -0.2) is 55.1 Å². The van der Waals surface area contributed by atoms with Crippen LogP contribution in [0.4, 0.5) is 5.82 Å². The van der Waals surface area contributed by atoms with Gasteiger partial charge in [-0.25, -0.2) is 9.98 Å². The second-order valence-corrected chi connectivity index (χ2v) is 5.96. The van der Waals surface area contributed by atoms with Crippen molar-refractivity contribution in [2.75, 3.05) is 44.2 Å². The lowest BCUT2D eigenvalue weighted by molar-refractivity contribution is 0.270. The number of nitrogens with zero attached hydrogens (tertiary/aromatic N) is 4. The summed E-state index contributed by atoms with van der Waals surface area (Å²) in [4.78, 5) is 13.7. The summed E-state index contributed by atoms with van der Waals surface area (Å²) in [7, 11) is 0. The summed E-state index contributed by atoms with van der Waals surface area (Å²) in [6.45, 7) is 14.6. The predicted molar refractivity (Wildman–Crippen MR) is 96.7 cm³/mol. The maximum Gasteiger partial charge on any atom is 0.189 e. The third-order valence-corrected chi connectivity index (χ3v) is 3.96. The van der Waals surface area contributed by atoms with Gasteiger partial charge in [-0.1, -0.05) is 19.1 Å². The summed E-state index contributed by atoms with van der Waals surface area (Å²) in [5.74, 6) is 1.48. The van der Waals surface area contributed by atoms with Crippen molar-refractivity contribution in [2.24, 2.45) is 10.7 Å². The summed E-state index contributed by atoms with van der Waals surface area (Å²) in [6.07, 6.45) is 1.85. The standard InChI is InChI=1S/C17H28N6/c1-4-22-7-9-23(10-8-22)16-11-15(5-6-19-16)13-21-17(18)20-12-14(2)3/h5-6,11H,2,4,7-10,12-13H2,1,3H3,(H3,18,20,21). The molecular weight excluding hydrogens is 288 g/mol. The monoisotopic (exact) mass is 316 g/mol. The Bertz CT molecular complexity index is 546. The molecule has 0 aliphatic carbocycles. The lowest BCUT2D eigenvalue weighted by Gasteiger charge is -2.34. The molecule has 0 bridgehead atoms. The van der Waals surface area contributed by atoms with Gasteiger partial charge in [-0.15, -0.1) is 0 Å². The number of likely N-dealkylation sites (N-methyl/N-ethyl adjacent to an activating group) is 1. The molecule has 0 unspecified atom stereocenters. The van der Waals surface area contributed by atoms with E-state index < -0.39 is 0 Å². The second-order valence-electron chi connectivity index (χ2n) is 5.96. The number of nitrogens with one attached hydrogen (secondary N) is 1. The number of piperazine rings is 1. The van der Waals surface area contributed by atoms with E-state index in [4.69, 9.17) is 5.73 Å². The lowest BCUT2D eigenvalue weighted by atomic mass is 10.2. The van der Waals surface area contributed by atoms with Gasteiger partial charge in [-0.2, -0.15) is 0 Å². The third-order valence-electron chi connectivity index (χ3n) is 3.96. The van der Waals surface area contributed by atoms with Gasteiger partial charge < -0.3 is 20.9 Å². The van der Waals surface area contributed by atoms with Gasteiger partial charge in [0, 0.05) is 38.9 Å². The maximum atomic E-state index is 5.85. The van der Waals surface area contributed by atoms with Gasteiger partial charge in [0.25, 0.3) is 0 Å². The topological polar surface area (TPSA) is 69.8 Å². The summed E-state index contributed by atoms with van der Waals surface area (Å²) >= 11 is 0. The van der Waals surface area contributed by atoms with Crippen molar-refractivity contribution in [2.45, 2.75) is 20.4 Å². The largest absolute Gasteiger partial charge is 0.370 e. The van der Waals surface area contributed by atoms with Crippen molar-refractivity contribution >= 4 is 11.8 Å². The highest BCUT2D eigenvalue weighted by atomic mass is 15.3. The SMILES string of the molecule is C=C(C)CNC(N)=NCc1ccnc(N2CCN(CC)CC2)c1. The summed E-state index contributed by atoms with van der Waals surface area (Å²) in [5.41, 5.74) is 7.99. The van der Waals surface area contributed by atoms with E-state index in [0.29, 0.717) is 19.0 Å². The van der Waals surface area contributed by atoms with E-state index in [1.165, 1.54) is 0 Å². The van der Waals surface area contributed by atoms with Gasteiger partial charge in [-0.05, 0) is 31.2 Å². The van der Waals surface area contributed by atoms with Crippen molar-refractivity contribution in [3.05, 3.63) is 36.0 Å². The van der Waals surface area contributed by atoms with Crippen LogP contribution in [-0.2, 0) is 6.54 Å². The molecule has 0 radical (unpaired) electrons. The fourth-order valence-corrected chi connectivity index (χ4v) is 2.50. The molecule has 6 nitrogen and oxygen atoms in total. The minimum absolute atomic E-state index is 0.447. The van der Waals surface area contributed by atoms with Crippen LogP contribution >= 0.6 is 0 Å². The molecule has 0 saturated carbocycles. The molecule has 1 aromatic heterocycles. The minimum Gasteiger partial charge on any atom is -0.370 e. The van der Waals surface area contributed by atoms with Gasteiger partial charge in [0.1, 0.15) is 5.82 Å². The van der Waals surface area contributed by atoms with Crippen LogP contribution in [0.15, 0.2) is 35.5 Å². The van der Waals surface area contributed by atoms with Crippen molar-refractivity contribution in [3.8, 4) is 0 Å². The van der Waals surface area contributed by atoms with Gasteiger partial charge in [-0.3, -0.25) is 0 Å². The van der Waals surface area contributed by atoms with Crippen LogP contribution in [0.25, 0.3) is 0 Å². The minimum atomic E-state index is 0.447. The maximum absolute atomic E-state index is 5.85. The smallest absolute Gasteiger partial charge is 0.189 e. The molecule has 23 heavy (non-hydrogen) atoms. The normalized spacial score (nSPS) is 16.4. The molecular formula is C17H28N6. The lowest BCUT2D eigenvalue weighted by Crippen LogP contribution is -2.46. The van der Waals surface area contributed by atoms with Crippen molar-refractivity contribution < 1.29 is 0 Å². The number of aromatic nitrogens is 1. The van der Waals surface area contributed by atoms with Gasteiger partial charge >= 0.3 is 0 Å². The van der Waals surface area contributed by atoms with E-state index >= 15 is 0 Å². The van der Waals surface area contributed by atoms with Crippen molar-refractivity contribution in [3.63, 3.8) is 0 Å². The number of pyridine rings is 1. The Kier molecular flexibility index (Phi) is 6.40. The molecule has 0 aromatic carbocycles. The number of rotatable bonds is 6. The Hall–Kier alpha value is -2.08. The first-order valence-corrected chi connectivity index (χ1v) is 8.19. The molecule has 1 aromatic rings. The molecule has 0 amide bonds. The second kappa shape index (κ2) is 8.53. The van der Waals surface area contributed by atoms with E-state index in [1.54, 1.807) is 0 Å². The van der Waals surface area contributed by atoms with Crippen LogP contribution < -0.4 is 16.0 Å². The number of hydrogen-bond donors (Lipinski definition) is 2. The summed E-state index contributed by atoms with van der Waals surface area (Å²) in [6, 6.07) is 4.10. The van der Waals surface area contributed by atoms with Crippen LogP contribution in [0, 0.1) is 0 Å². The van der Waals surface area contributed by atoms with E-state index in [1.807, 2.05) is 19.2 Å². The average molecular weight is 316 g/mol. The Morgan fingerprint density at radius 1 is 1.39 bits per heavy atom. The molecule has 1 aliphatic heterocycles. The van der Waals surface area contributed by atoms with Crippen LogP contribution in [0.1, 0.15) is 19.4 Å². The first kappa shape index (κ1) is 17.3. The molecule has 1 fully saturated rings. The number of hydrogen-bond acceptors (Lipinski definition) is 4. The fourth-order valence-electron chi connectivity index (χ4n) is 2.50. The number of nitrogens with two attached hydrogens (primary N) is 1. The zero-order chi connectivity index (χ0) is 16.7. The van der Waals surface area contributed by atoms with Gasteiger partial charge in [0.15, 0.2) is 5.96 Å². The molecule has 1 saturated heterocycles. The Balaban J connectivity index is 1.92. The molecule has 0 spiro atoms. The summed E-state index contributed by atoms with van der Waals surface area (Å²) in [5, 5.41) is 3.04. The Labute approximate surface area is 139 Å². The molecule has 1 aliphatic rings. The quantitative estimate of drug-likeness (QED) is 0.469. The molecule has 2 heterocycles. The molecule has 3 N–H and O–H groups in total.